The van der Waals surface area contributed by atoms with Gasteiger partial charge in [0.15, 0.2) is 0 Å². The van der Waals surface area contributed by atoms with Gasteiger partial charge in [0.25, 0.3) is 5.91 Å². The third-order valence-electron chi connectivity index (χ3n) is 4.04. The van der Waals surface area contributed by atoms with Crippen LogP contribution in [0.4, 0.5) is 0 Å². The second kappa shape index (κ2) is 7.67. The highest BCUT2D eigenvalue weighted by molar-refractivity contribution is 8.26. The minimum atomic E-state index is -0.966. The number of carboxylic acids is 1. The van der Waals surface area contributed by atoms with Crippen molar-refractivity contribution in [3.05, 3.63) is 28.2 Å². The molecular weight excluding hydrogens is 374 g/mol. The smallest absolute Gasteiger partial charge is 0.305 e. The maximum atomic E-state index is 12.6. The van der Waals surface area contributed by atoms with Gasteiger partial charge in [-0.3, -0.25) is 14.5 Å². The Morgan fingerprint density at radius 1 is 1.54 bits per heavy atom. The van der Waals surface area contributed by atoms with E-state index in [1.54, 1.807) is 6.08 Å². The minimum absolute atomic E-state index is 0.0699. The number of fused-ring (bicyclic) bond motifs is 1. The summed E-state index contributed by atoms with van der Waals surface area (Å²) in [5, 5.41) is 8.82. The van der Waals surface area contributed by atoms with Crippen molar-refractivity contribution in [2.24, 2.45) is 0 Å². The van der Waals surface area contributed by atoms with E-state index in [0.29, 0.717) is 21.6 Å². The van der Waals surface area contributed by atoms with Crippen LogP contribution in [0, 0.1) is 0 Å². The molecule has 2 aliphatic heterocycles. The van der Waals surface area contributed by atoms with Crippen molar-refractivity contribution in [3.63, 3.8) is 0 Å². The van der Waals surface area contributed by atoms with E-state index in [1.165, 1.54) is 16.7 Å². The average molecular weight is 393 g/mol. The van der Waals surface area contributed by atoms with Crippen LogP contribution in [0.1, 0.15) is 31.4 Å². The van der Waals surface area contributed by atoms with Gasteiger partial charge in [-0.15, -0.1) is 0 Å². The molecule has 0 aromatic heterocycles. The largest absolute Gasteiger partial charge is 0.493 e. The van der Waals surface area contributed by atoms with Crippen molar-refractivity contribution in [2.75, 3.05) is 13.2 Å². The van der Waals surface area contributed by atoms with Crippen LogP contribution in [0.5, 0.6) is 11.5 Å². The number of carbonyl (C=O) groups excluding carboxylic acids is 1. The van der Waals surface area contributed by atoms with Crippen LogP contribution >= 0.6 is 24.0 Å². The lowest BCUT2D eigenvalue weighted by atomic mass is 10.1. The van der Waals surface area contributed by atoms with Crippen LogP contribution < -0.4 is 9.47 Å². The van der Waals surface area contributed by atoms with E-state index in [4.69, 9.17) is 26.8 Å². The zero-order valence-electron chi connectivity index (χ0n) is 14.5. The fraction of sp³-hybridized carbons (Fsp3) is 0.389. The van der Waals surface area contributed by atoms with Crippen LogP contribution in [-0.2, 0) is 16.0 Å². The first kappa shape index (κ1) is 18.7. The Bertz CT molecular complexity index is 805. The van der Waals surface area contributed by atoms with E-state index in [1.807, 2.05) is 26.0 Å². The summed E-state index contributed by atoms with van der Waals surface area (Å²) in [6, 6.07) is 3.84. The van der Waals surface area contributed by atoms with E-state index in [2.05, 4.69) is 0 Å². The molecule has 1 amide bonds. The van der Waals surface area contributed by atoms with Gasteiger partial charge in [0, 0.05) is 24.1 Å². The quantitative estimate of drug-likeness (QED) is 0.588. The van der Waals surface area contributed by atoms with E-state index in [9.17, 15) is 9.59 Å². The van der Waals surface area contributed by atoms with Gasteiger partial charge < -0.3 is 14.6 Å². The topological polar surface area (TPSA) is 76.1 Å². The zero-order valence-corrected chi connectivity index (χ0v) is 16.1. The Kier molecular flexibility index (Phi) is 5.52. The second-order valence-electron chi connectivity index (χ2n) is 6.04. The lowest BCUT2D eigenvalue weighted by Crippen LogP contribution is -2.30. The Balaban J connectivity index is 1.89. The molecule has 1 saturated heterocycles. The number of hydrogen-bond donors (Lipinski definition) is 1. The van der Waals surface area contributed by atoms with Crippen molar-refractivity contribution >= 4 is 46.3 Å². The van der Waals surface area contributed by atoms with E-state index >= 15 is 0 Å². The minimum Gasteiger partial charge on any atom is -0.493 e. The van der Waals surface area contributed by atoms with E-state index < -0.39 is 5.97 Å². The molecule has 0 aliphatic carbocycles. The van der Waals surface area contributed by atoms with E-state index in [-0.39, 0.29) is 25.0 Å². The summed E-state index contributed by atoms with van der Waals surface area (Å²) < 4.78 is 11.9. The summed E-state index contributed by atoms with van der Waals surface area (Å²) in [4.78, 5) is 25.1. The van der Waals surface area contributed by atoms with Gasteiger partial charge in [0.1, 0.15) is 21.9 Å². The van der Waals surface area contributed by atoms with Gasteiger partial charge >= 0.3 is 5.97 Å². The maximum absolute atomic E-state index is 12.6. The molecule has 1 unspecified atom stereocenters. The molecule has 2 aliphatic rings. The molecule has 3 rings (SSSR count). The molecule has 1 N–H and O–H groups in total. The average Bonchev–Trinajstić information content (AvgIpc) is 3.05. The molecule has 138 valence electrons. The maximum Gasteiger partial charge on any atom is 0.305 e. The van der Waals surface area contributed by atoms with Gasteiger partial charge in [0.2, 0.25) is 0 Å². The molecule has 26 heavy (non-hydrogen) atoms. The number of nitrogens with zero attached hydrogens (tertiary/aromatic N) is 1. The number of aliphatic carboxylic acids is 1. The first-order valence-electron chi connectivity index (χ1n) is 8.32. The molecule has 0 saturated carbocycles. The van der Waals surface area contributed by atoms with Gasteiger partial charge in [-0.1, -0.05) is 24.0 Å². The van der Waals surface area contributed by atoms with Gasteiger partial charge in [0.05, 0.1) is 17.9 Å². The van der Waals surface area contributed by atoms with Crippen LogP contribution in [0.3, 0.4) is 0 Å². The molecule has 0 radical (unpaired) electrons. The summed E-state index contributed by atoms with van der Waals surface area (Å²) in [6.45, 7) is 4.49. The molecule has 0 spiro atoms. The Morgan fingerprint density at radius 3 is 3.00 bits per heavy atom. The van der Waals surface area contributed by atoms with Crippen molar-refractivity contribution in [1.29, 1.82) is 0 Å². The molecule has 2 heterocycles. The normalized spacial score (nSPS) is 20.5. The van der Waals surface area contributed by atoms with Crippen molar-refractivity contribution < 1.29 is 24.2 Å². The third kappa shape index (κ3) is 3.86. The Labute approximate surface area is 161 Å². The van der Waals surface area contributed by atoms with Crippen molar-refractivity contribution in [2.45, 2.75) is 32.8 Å². The zero-order chi connectivity index (χ0) is 18.8. The standard InChI is InChI=1S/C18H19NO5S2/c1-3-23-13-7-11-6-10(2)24-14(11)8-12(13)9-15-17(22)19(18(25)26-15)5-4-16(20)21/h7-10H,3-6H2,1-2H3,(H,20,21). The molecule has 1 fully saturated rings. The predicted molar refractivity (Wildman–Crippen MR) is 104 cm³/mol. The lowest BCUT2D eigenvalue weighted by molar-refractivity contribution is -0.137. The molecule has 0 bridgehead atoms. The van der Waals surface area contributed by atoms with Gasteiger partial charge in [-0.25, -0.2) is 0 Å². The number of rotatable bonds is 6. The van der Waals surface area contributed by atoms with Gasteiger partial charge in [-0.2, -0.15) is 0 Å². The summed E-state index contributed by atoms with van der Waals surface area (Å²) in [5.74, 6) is 0.248. The number of benzene rings is 1. The number of amides is 1. The number of thioether (sulfide) groups is 1. The highest BCUT2D eigenvalue weighted by Gasteiger charge is 2.32. The molecule has 8 heteroatoms. The monoisotopic (exact) mass is 393 g/mol. The first-order valence-corrected chi connectivity index (χ1v) is 9.55. The molecular formula is C18H19NO5S2. The van der Waals surface area contributed by atoms with Crippen LogP contribution in [0.15, 0.2) is 17.0 Å². The van der Waals surface area contributed by atoms with Crippen LogP contribution in [0.2, 0.25) is 0 Å². The Morgan fingerprint density at radius 2 is 2.31 bits per heavy atom. The van der Waals surface area contributed by atoms with Crippen molar-refractivity contribution in [3.8, 4) is 11.5 Å². The van der Waals surface area contributed by atoms with Crippen molar-refractivity contribution in [1.82, 2.24) is 4.90 Å². The number of thiocarbonyl (C=S) groups is 1. The molecule has 1 atom stereocenters. The van der Waals surface area contributed by atoms with Crippen LogP contribution in [-0.4, -0.2) is 45.5 Å². The molecule has 1 aromatic carbocycles. The van der Waals surface area contributed by atoms with E-state index in [0.717, 1.165) is 23.3 Å². The SMILES string of the molecule is CCOc1cc2c(cc1C=C1SC(=S)N(CCC(=O)O)C1=O)OC(C)C2. The third-order valence-corrected chi connectivity index (χ3v) is 5.42. The number of hydrogen-bond acceptors (Lipinski definition) is 6. The molecule has 1 aromatic rings. The molecule has 6 nitrogen and oxygen atoms in total. The Hall–Kier alpha value is -2.06. The summed E-state index contributed by atoms with van der Waals surface area (Å²) in [7, 11) is 0. The summed E-state index contributed by atoms with van der Waals surface area (Å²) in [5.41, 5.74) is 1.84. The van der Waals surface area contributed by atoms with Gasteiger partial charge in [-0.05, 0) is 32.1 Å². The highest BCUT2D eigenvalue weighted by atomic mass is 32.2. The lowest BCUT2D eigenvalue weighted by Gasteiger charge is -2.12. The first-order chi connectivity index (χ1) is 12.4. The number of carbonyl (C=O) groups is 2. The van der Waals surface area contributed by atoms with Crippen LogP contribution in [0.25, 0.3) is 6.08 Å². The summed E-state index contributed by atoms with van der Waals surface area (Å²) >= 11 is 6.39. The fourth-order valence-corrected chi connectivity index (χ4v) is 4.19. The second-order valence-corrected chi connectivity index (χ2v) is 7.72. The fourth-order valence-electron chi connectivity index (χ4n) is 2.89. The predicted octanol–water partition coefficient (Wildman–Crippen LogP) is 3.08. The summed E-state index contributed by atoms with van der Waals surface area (Å²) in [6.07, 6.45) is 2.53. The highest BCUT2D eigenvalue weighted by Crippen LogP contribution is 2.39. The number of ether oxygens (including phenoxy) is 2. The number of carboxylic acid groups (broad SMARTS) is 1.